The van der Waals surface area contributed by atoms with E-state index in [-0.39, 0.29) is 16.9 Å². The molecule has 0 spiro atoms. The third-order valence-corrected chi connectivity index (χ3v) is 2.44. The SMILES string of the molecule is CC(O)c1cc(C(C)(C)C)cc(O)c1O. The van der Waals surface area contributed by atoms with Crippen LogP contribution in [0.25, 0.3) is 0 Å². The summed E-state index contributed by atoms with van der Waals surface area (Å²) in [7, 11) is 0. The lowest BCUT2D eigenvalue weighted by Gasteiger charge is -2.21. The van der Waals surface area contributed by atoms with E-state index < -0.39 is 6.10 Å². The zero-order chi connectivity index (χ0) is 11.8. The lowest BCUT2D eigenvalue weighted by Crippen LogP contribution is -2.11. The zero-order valence-corrected chi connectivity index (χ0v) is 9.57. The molecule has 0 amide bonds. The van der Waals surface area contributed by atoms with E-state index in [1.54, 1.807) is 13.0 Å². The van der Waals surface area contributed by atoms with Crippen LogP contribution in [0, 0.1) is 0 Å². The highest BCUT2D eigenvalue weighted by molar-refractivity contribution is 5.49. The maximum absolute atomic E-state index is 9.55. The molecule has 3 N–H and O–H groups in total. The third kappa shape index (κ3) is 2.42. The Labute approximate surface area is 90.0 Å². The van der Waals surface area contributed by atoms with Crippen LogP contribution in [0.5, 0.6) is 11.5 Å². The van der Waals surface area contributed by atoms with Gasteiger partial charge in [0.2, 0.25) is 0 Å². The number of hydrogen-bond acceptors (Lipinski definition) is 3. The quantitative estimate of drug-likeness (QED) is 0.624. The second-order valence-corrected chi connectivity index (χ2v) is 4.86. The lowest BCUT2D eigenvalue weighted by atomic mass is 9.85. The monoisotopic (exact) mass is 210 g/mol. The molecule has 0 aliphatic heterocycles. The van der Waals surface area contributed by atoms with Gasteiger partial charge in [0, 0.05) is 5.56 Å². The van der Waals surface area contributed by atoms with E-state index >= 15 is 0 Å². The number of hydrogen-bond donors (Lipinski definition) is 3. The fraction of sp³-hybridized carbons (Fsp3) is 0.500. The molecule has 0 heterocycles. The van der Waals surface area contributed by atoms with E-state index in [0.29, 0.717) is 5.56 Å². The molecule has 1 unspecified atom stereocenters. The summed E-state index contributed by atoms with van der Waals surface area (Å²) in [6.45, 7) is 7.57. The number of benzene rings is 1. The molecule has 3 heteroatoms. The van der Waals surface area contributed by atoms with Crippen LogP contribution in [0.15, 0.2) is 12.1 Å². The van der Waals surface area contributed by atoms with Crippen molar-refractivity contribution < 1.29 is 15.3 Å². The van der Waals surface area contributed by atoms with E-state index in [1.807, 2.05) is 20.8 Å². The summed E-state index contributed by atoms with van der Waals surface area (Å²) in [5.74, 6) is -0.420. The molecule has 0 saturated heterocycles. The Bertz CT molecular complexity index is 362. The largest absolute Gasteiger partial charge is 0.504 e. The summed E-state index contributed by atoms with van der Waals surface area (Å²) in [5, 5.41) is 28.5. The molecule has 0 aromatic heterocycles. The fourth-order valence-corrected chi connectivity index (χ4v) is 1.39. The Morgan fingerprint density at radius 1 is 1.13 bits per heavy atom. The lowest BCUT2D eigenvalue weighted by molar-refractivity contribution is 0.193. The van der Waals surface area contributed by atoms with Crippen molar-refractivity contribution in [2.75, 3.05) is 0 Å². The highest BCUT2D eigenvalue weighted by Crippen LogP contribution is 2.37. The Hall–Kier alpha value is -1.22. The topological polar surface area (TPSA) is 60.7 Å². The van der Waals surface area contributed by atoms with Crippen molar-refractivity contribution >= 4 is 0 Å². The van der Waals surface area contributed by atoms with E-state index in [1.165, 1.54) is 6.07 Å². The summed E-state index contributed by atoms with van der Waals surface area (Å²) < 4.78 is 0. The number of aliphatic hydroxyl groups is 1. The first-order valence-corrected chi connectivity index (χ1v) is 4.98. The minimum Gasteiger partial charge on any atom is -0.504 e. The van der Waals surface area contributed by atoms with E-state index in [0.717, 1.165) is 5.56 Å². The van der Waals surface area contributed by atoms with Crippen molar-refractivity contribution in [3.8, 4) is 11.5 Å². The summed E-state index contributed by atoms with van der Waals surface area (Å²) in [6, 6.07) is 3.25. The molecule has 1 rings (SSSR count). The van der Waals surface area contributed by atoms with E-state index in [4.69, 9.17) is 0 Å². The molecule has 1 aromatic carbocycles. The molecule has 0 aliphatic rings. The van der Waals surface area contributed by atoms with Crippen molar-refractivity contribution in [2.24, 2.45) is 0 Å². The van der Waals surface area contributed by atoms with Gasteiger partial charge in [0.25, 0.3) is 0 Å². The molecule has 1 atom stereocenters. The Morgan fingerprint density at radius 2 is 1.67 bits per heavy atom. The molecule has 15 heavy (non-hydrogen) atoms. The summed E-state index contributed by atoms with van der Waals surface area (Å²) in [5.41, 5.74) is 1.11. The van der Waals surface area contributed by atoms with Gasteiger partial charge >= 0.3 is 0 Å². The van der Waals surface area contributed by atoms with Crippen molar-refractivity contribution in [1.82, 2.24) is 0 Å². The van der Waals surface area contributed by atoms with Gasteiger partial charge in [0.05, 0.1) is 6.10 Å². The number of aromatic hydroxyl groups is 2. The van der Waals surface area contributed by atoms with Crippen LogP contribution in [0.4, 0.5) is 0 Å². The Kier molecular flexibility index (Phi) is 2.95. The molecular formula is C12H18O3. The molecule has 1 aromatic rings. The first kappa shape index (κ1) is 11.9. The van der Waals surface area contributed by atoms with Gasteiger partial charge in [-0.05, 0) is 30.0 Å². The van der Waals surface area contributed by atoms with Crippen LogP contribution in [0.2, 0.25) is 0 Å². The predicted molar refractivity (Wildman–Crippen MR) is 59.1 cm³/mol. The molecule has 0 bridgehead atoms. The van der Waals surface area contributed by atoms with Crippen LogP contribution in [-0.4, -0.2) is 15.3 Å². The predicted octanol–water partition coefficient (Wildman–Crippen LogP) is 2.45. The molecule has 0 radical (unpaired) electrons. The number of aliphatic hydroxyl groups excluding tert-OH is 1. The summed E-state index contributed by atoms with van der Waals surface area (Å²) in [6.07, 6.45) is -0.793. The van der Waals surface area contributed by atoms with Crippen LogP contribution < -0.4 is 0 Å². The maximum atomic E-state index is 9.55. The van der Waals surface area contributed by atoms with Crippen LogP contribution in [-0.2, 0) is 5.41 Å². The van der Waals surface area contributed by atoms with Crippen LogP contribution in [0.3, 0.4) is 0 Å². The Morgan fingerprint density at radius 3 is 2.07 bits per heavy atom. The number of phenols is 2. The van der Waals surface area contributed by atoms with Gasteiger partial charge in [0.15, 0.2) is 11.5 Å². The van der Waals surface area contributed by atoms with Gasteiger partial charge in [0.1, 0.15) is 0 Å². The van der Waals surface area contributed by atoms with Crippen molar-refractivity contribution in [3.05, 3.63) is 23.3 Å². The average molecular weight is 210 g/mol. The van der Waals surface area contributed by atoms with Gasteiger partial charge in [-0.2, -0.15) is 0 Å². The molecule has 0 fully saturated rings. The standard InChI is InChI=1S/C12H18O3/c1-7(13)9-5-8(12(2,3)4)6-10(14)11(9)15/h5-7,13-15H,1-4H3. The van der Waals surface area contributed by atoms with Crippen LogP contribution in [0.1, 0.15) is 44.9 Å². The second-order valence-electron chi connectivity index (χ2n) is 4.86. The minimum atomic E-state index is -0.793. The smallest absolute Gasteiger partial charge is 0.163 e. The van der Waals surface area contributed by atoms with Gasteiger partial charge in [-0.1, -0.05) is 20.8 Å². The zero-order valence-electron chi connectivity index (χ0n) is 9.57. The minimum absolute atomic E-state index is 0.130. The van der Waals surface area contributed by atoms with Gasteiger partial charge in [-0.25, -0.2) is 0 Å². The summed E-state index contributed by atoms with van der Waals surface area (Å²) in [4.78, 5) is 0. The van der Waals surface area contributed by atoms with Crippen molar-refractivity contribution in [1.29, 1.82) is 0 Å². The first-order valence-electron chi connectivity index (χ1n) is 4.98. The van der Waals surface area contributed by atoms with Gasteiger partial charge in [-0.3, -0.25) is 0 Å². The van der Waals surface area contributed by atoms with Gasteiger partial charge < -0.3 is 15.3 Å². The first-order chi connectivity index (χ1) is 6.73. The highest BCUT2D eigenvalue weighted by atomic mass is 16.3. The molecular weight excluding hydrogens is 192 g/mol. The average Bonchev–Trinajstić information content (AvgIpc) is 2.06. The highest BCUT2D eigenvalue weighted by Gasteiger charge is 2.20. The molecule has 3 nitrogen and oxygen atoms in total. The fourth-order valence-electron chi connectivity index (χ4n) is 1.39. The number of phenolic OH excluding ortho intramolecular Hbond substituents is 2. The Balaban J connectivity index is 3.36. The normalized spacial score (nSPS) is 13.9. The maximum Gasteiger partial charge on any atom is 0.163 e. The molecule has 0 saturated carbocycles. The molecule has 0 aliphatic carbocycles. The van der Waals surface area contributed by atoms with Crippen molar-refractivity contribution in [2.45, 2.75) is 39.2 Å². The van der Waals surface area contributed by atoms with E-state index in [9.17, 15) is 15.3 Å². The van der Waals surface area contributed by atoms with Crippen LogP contribution >= 0.6 is 0 Å². The molecule has 84 valence electrons. The van der Waals surface area contributed by atoms with Crippen molar-refractivity contribution in [3.63, 3.8) is 0 Å². The summed E-state index contributed by atoms with van der Waals surface area (Å²) >= 11 is 0. The number of rotatable bonds is 1. The van der Waals surface area contributed by atoms with E-state index in [2.05, 4.69) is 0 Å². The third-order valence-electron chi connectivity index (χ3n) is 2.44. The second kappa shape index (κ2) is 3.74. The van der Waals surface area contributed by atoms with Gasteiger partial charge in [-0.15, -0.1) is 0 Å².